The summed E-state index contributed by atoms with van der Waals surface area (Å²) in [5, 5.41) is 18.4. The van der Waals surface area contributed by atoms with Gasteiger partial charge < -0.3 is 5.32 Å². The normalized spacial score (nSPS) is 10.2. The van der Waals surface area contributed by atoms with E-state index in [2.05, 4.69) is 28.6 Å². The zero-order valence-corrected chi connectivity index (χ0v) is 12.2. The first kappa shape index (κ1) is 13.4. The predicted octanol–water partition coefficient (Wildman–Crippen LogP) is 3.48. The van der Waals surface area contributed by atoms with Crippen LogP contribution in [0, 0.1) is 11.3 Å². The van der Waals surface area contributed by atoms with Crippen LogP contribution in [-0.4, -0.2) is 9.78 Å². The molecule has 2 aromatic heterocycles. The fourth-order valence-corrected chi connectivity index (χ4v) is 2.77. The van der Waals surface area contributed by atoms with Crippen molar-refractivity contribution in [2.75, 3.05) is 5.32 Å². The first-order valence-corrected chi connectivity index (χ1v) is 7.50. The van der Waals surface area contributed by atoms with E-state index in [-0.39, 0.29) is 0 Å². The molecule has 3 rings (SSSR count). The van der Waals surface area contributed by atoms with E-state index >= 15 is 0 Å². The second-order valence-electron chi connectivity index (χ2n) is 4.65. The van der Waals surface area contributed by atoms with Crippen molar-refractivity contribution in [1.29, 1.82) is 5.26 Å². The third-order valence-electron chi connectivity index (χ3n) is 3.05. The molecule has 104 valence electrons. The van der Waals surface area contributed by atoms with Crippen LogP contribution in [0.25, 0.3) is 0 Å². The van der Waals surface area contributed by atoms with Gasteiger partial charge in [-0.3, -0.25) is 4.68 Å². The Morgan fingerprint density at radius 1 is 1.24 bits per heavy atom. The minimum Gasteiger partial charge on any atom is -0.364 e. The van der Waals surface area contributed by atoms with Gasteiger partial charge >= 0.3 is 0 Å². The molecule has 0 saturated carbocycles. The molecule has 0 amide bonds. The van der Waals surface area contributed by atoms with Gasteiger partial charge in [-0.05, 0) is 11.6 Å². The number of hydrogen-bond donors (Lipinski definition) is 1. The maximum Gasteiger partial charge on any atom is 0.148 e. The molecular weight excluding hydrogens is 280 g/mol. The molecule has 0 saturated heterocycles. The van der Waals surface area contributed by atoms with E-state index < -0.39 is 0 Å². The fraction of sp³-hybridized carbons (Fsp3) is 0.125. The molecule has 0 fully saturated rings. The summed E-state index contributed by atoms with van der Waals surface area (Å²) in [6, 6.07) is 16.2. The van der Waals surface area contributed by atoms with Crippen LogP contribution in [0.3, 0.4) is 0 Å². The van der Waals surface area contributed by atoms with Crippen LogP contribution < -0.4 is 5.32 Å². The summed E-state index contributed by atoms with van der Waals surface area (Å²) < 4.78 is 1.91. The number of aromatic nitrogens is 2. The molecule has 0 aliphatic heterocycles. The fourth-order valence-electron chi connectivity index (χ4n) is 2.02. The van der Waals surface area contributed by atoms with Gasteiger partial charge in [-0.25, -0.2) is 0 Å². The van der Waals surface area contributed by atoms with Crippen molar-refractivity contribution in [3.8, 4) is 6.07 Å². The summed E-state index contributed by atoms with van der Waals surface area (Å²) in [5.74, 6) is 0.845. The molecule has 2 heterocycles. The molecule has 1 aromatic carbocycles. The molecule has 0 radical (unpaired) electrons. The van der Waals surface area contributed by atoms with E-state index in [0.29, 0.717) is 12.1 Å². The number of thiophene rings is 1. The SMILES string of the molecule is N#Cc1csc(CNc2ccn(Cc3ccccc3)n2)c1. The molecule has 0 atom stereocenters. The lowest BCUT2D eigenvalue weighted by molar-refractivity contribution is 0.688. The smallest absolute Gasteiger partial charge is 0.148 e. The van der Waals surface area contributed by atoms with Crippen molar-refractivity contribution in [1.82, 2.24) is 9.78 Å². The maximum absolute atomic E-state index is 8.80. The summed E-state index contributed by atoms with van der Waals surface area (Å²) in [5.41, 5.74) is 1.94. The van der Waals surface area contributed by atoms with Gasteiger partial charge in [0.05, 0.1) is 18.7 Å². The van der Waals surface area contributed by atoms with Gasteiger partial charge in [0.2, 0.25) is 0 Å². The molecule has 0 aliphatic rings. The Balaban J connectivity index is 1.59. The number of hydrogen-bond acceptors (Lipinski definition) is 4. The number of anilines is 1. The van der Waals surface area contributed by atoms with Crippen LogP contribution >= 0.6 is 11.3 Å². The number of nitrogens with one attached hydrogen (secondary N) is 1. The molecule has 0 unspecified atom stereocenters. The highest BCUT2D eigenvalue weighted by Crippen LogP contribution is 2.15. The lowest BCUT2D eigenvalue weighted by Gasteiger charge is -2.02. The second kappa shape index (κ2) is 6.25. The molecule has 0 bridgehead atoms. The molecule has 4 nitrogen and oxygen atoms in total. The van der Waals surface area contributed by atoms with Crippen LogP contribution in [0.2, 0.25) is 0 Å². The van der Waals surface area contributed by atoms with Crippen LogP contribution in [0.4, 0.5) is 5.82 Å². The van der Waals surface area contributed by atoms with E-state index in [9.17, 15) is 0 Å². The van der Waals surface area contributed by atoms with Crippen molar-refractivity contribution in [2.24, 2.45) is 0 Å². The molecule has 21 heavy (non-hydrogen) atoms. The molecular formula is C16H14N4S. The Bertz CT molecular complexity index is 752. The Labute approximate surface area is 127 Å². The number of rotatable bonds is 5. The van der Waals surface area contributed by atoms with Crippen molar-refractivity contribution in [3.05, 3.63) is 70.0 Å². The highest BCUT2D eigenvalue weighted by molar-refractivity contribution is 7.10. The zero-order valence-electron chi connectivity index (χ0n) is 11.4. The molecule has 5 heteroatoms. The van der Waals surface area contributed by atoms with Crippen LogP contribution in [0.1, 0.15) is 16.0 Å². The van der Waals surface area contributed by atoms with Gasteiger partial charge in [0.1, 0.15) is 11.9 Å². The van der Waals surface area contributed by atoms with E-state index in [0.717, 1.165) is 17.2 Å². The van der Waals surface area contributed by atoms with E-state index in [4.69, 9.17) is 5.26 Å². The van der Waals surface area contributed by atoms with Crippen LogP contribution in [-0.2, 0) is 13.1 Å². The van der Waals surface area contributed by atoms with Gasteiger partial charge in [0.15, 0.2) is 0 Å². The Morgan fingerprint density at radius 3 is 2.86 bits per heavy atom. The molecule has 3 aromatic rings. The number of nitriles is 1. The molecule has 0 aliphatic carbocycles. The standard InChI is InChI=1S/C16H14N4S/c17-9-14-8-15(21-12-14)10-18-16-6-7-20(19-16)11-13-4-2-1-3-5-13/h1-8,12H,10-11H2,(H,18,19). The maximum atomic E-state index is 8.80. The zero-order chi connectivity index (χ0) is 14.5. The van der Waals surface area contributed by atoms with Crippen molar-refractivity contribution < 1.29 is 0 Å². The summed E-state index contributed by atoms with van der Waals surface area (Å²) in [6.45, 7) is 1.45. The van der Waals surface area contributed by atoms with Gasteiger partial charge in [0, 0.05) is 22.5 Å². The molecule has 0 spiro atoms. The van der Waals surface area contributed by atoms with Gasteiger partial charge in [-0.15, -0.1) is 11.3 Å². The first-order valence-electron chi connectivity index (χ1n) is 6.62. The van der Waals surface area contributed by atoms with Gasteiger partial charge in [0.25, 0.3) is 0 Å². The average molecular weight is 294 g/mol. The largest absolute Gasteiger partial charge is 0.364 e. The highest BCUT2D eigenvalue weighted by atomic mass is 32.1. The average Bonchev–Trinajstić information content (AvgIpc) is 3.15. The third-order valence-corrected chi connectivity index (χ3v) is 3.99. The first-order chi connectivity index (χ1) is 10.3. The van der Waals surface area contributed by atoms with Crippen molar-refractivity contribution in [2.45, 2.75) is 13.1 Å². The summed E-state index contributed by atoms with van der Waals surface area (Å²) in [6.07, 6.45) is 1.96. The Kier molecular flexibility index (Phi) is 3.99. The second-order valence-corrected chi connectivity index (χ2v) is 5.65. The minimum absolute atomic E-state index is 0.689. The van der Waals surface area contributed by atoms with Gasteiger partial charge in [-0.2, -0.15) is 10.4 Å². The number of nitrogens with zero attached hydrogens (tertiary/aromatic N) is 3. The monoisotopic (exact) mass is 294 g/mol. The number of benzene rings is 1. The third kappa shape index (κ3) is 3.50. The van der Waals surface area contributed by atoms with E-state index in [1.54, 1.807) is 11.3 Å². The van der Waals surface area contributed by atoms with Crippen molar-refractivity contribution >= 4 is 17.2 Å². The topological polar surface area (TPSA) is 53.6 Å². The molecule has 1 N–H and O–H groups in total. The van der Waals surface area contributed by atoms with Crippen LogP contribution in [0.5, 0.6) is 0 Å². The Morgan fingerprint density at radius 2 is 2.10 bits per heavy atom. The van der Waals surface area contributed by atoms with Crippen LogP contribution in [0.15, 0.2) is 54.0 Å². The summed E-state index contributed by atoms with van der Waals surface area (Å²) in [7, 11) is 0. The Hall–Kier alpha value is -2.58. The quantitative estimate of drug-likeness (QED) is 0.784. The minimum atomic E-state index is 0.689. The lowest BCUT2D eigenvalue weighted by Crippen LogP contribution is -2.02. The predicted molar refractivity (Wildman–Crippen MR) is 84.1 cm³/mol. The lowest BCUT2D eigenvalue weighted by atomic mass is 10.2. The highest BCUT2D eigenvalue weighted by Gasteiger charge is 2.02. The summed E-state index contributed by atoms with van der Waals surface area (Å²) >= 11 is 1.58. The van der Waals surface area contributed by atoms with Gasteiger partial charge in [-0.1, -0.05) is 30.3 Å². The summed E-state index contributed by atoms with van der Waals surface area (Å²) in [4.78, 5) is 1.13. The van der Waals surface area contributed by atoms with Crippen molar-refractivity contribution in [3.63, 3.8) is 0 Å². The van der Waals surface area contributed by atoms with E-state index in [1.165, 1.54) is 5.56 Å². The van der Waals surface area contributed by atoms with E-state index in [1.807, 2.05) is 46.6 Å².